The zero-order valence-corrected chi connectivity index (χ0v) is 19.1. The van der Waals surface area contributed by atoms with E-state index in [2.05, 4.69) is 52.6 Å². The molecule has 1 fully saturated rings. The Morgan fingerprint density at radius 3 is 2.25 bits per heavy atom. The van der Waals surface area contributed by atoms with Gasteiger partial charge in [0.1, 0.15) is 17.3 Å². The fraction of sp³-hybridized carbons (Fsp3) is 0.385. The highest BCUT2D eigenvalue weighted by molar-refractivity contribution is 6.04. The van der Waals surface area contributed by atoms with E-state index in [1.165, 1.54) is 25.0 Å². The Morgan fingerprint density at radius 1 is 1.03 bits per heavy atom. The minimum atomic E-state index is -0.325. The molecule has 5 nitrogen and oxygen atoms in total. The van der Waals surface area contributed by atoms with E-state index in [1.807, 2.05) is 13.1 Å². The first-order valence-corrected chi connectivity index (χ1v) is 11.4. The zero-order valence-electron chi connectivity index (χ0n) is 19.1. The van der Waals surface area contributed by atoms with Gasteiger partial charge in [-0.05, 0) is 81.5 Å². The van der Waals surface area contributed by atoms with Crippen LogP contribution >= 0.6 is 0 Å². The molecule has 1 saturated carbocycles. The number of anilines is 2. The van der Waals surface area contributed by atoms with E-state index in [9.17, 15) is 9.18 Å². The van der Waals surface area contributed by atoms with Crippen LogP contribution in [0.15, 0.2) is 54.7 Å². The molecule has 0 N–H and O–H groups in total. The van der Waals surface area contributed by atoms with Crippen molar-refractivity contribution in [2.24, 2.45) is 5.92 Å². The number of amides is 1. The summed E-state index contributed by atoms with van der Waals surface area (Å²) in [5.41, 5.74) is 3.24. The van der Waals surface area contributed by atoms with E-state index in [1.54, 1.807) is 17.0 Å². The van der Waals surface area contributed by atoms with Crippen molar-refractivity contribution in [1.29, 1.82) is 0 Å². The summed E-state index contributed by atoms with van der Waals surface area (Å²) >= 11 is 0. The standard InChI is InChI=1S/C26H31FN4O/c1-4-29(5-2)23-12-8-21(9-13-23)17-31(24-14-10-22(27)11-15-24)26(32)25-18-30(19(3)28-25)16-20-6-7-20/h8-15,18,20H,4-7,16-17H2,1-3H3. The normalized spacial score (nSPS) is 13.2. The van der Waals surface area contributed by atoms with Crippen LogP contribution in [0.4, 0.5) is 15.8 Å². The molecule has 1 aliphatic carbocycles. The van der Waals surface area contributed by atoms with E-state index in [-0.39, 0.29) is 11.7 Å². The van der Waals surface area contributed by atoms with Crippen molar-refractivity contribution in [2.75, 3.05) is 22.9 Å². The van der Waals surface area contributed by atoms with Crippen molar-refractivity contribution in [3.05, 3.63) is 77.6 Å². The highest BCUT2D eigenvalue weighted by atomic mass is 19.1. The molecule has 4 rings (SSSR count). The molecule has 0 bridgehead atoms. The first-order valence-electron chi connectivity index (χ1n) is 11.4. The molecule has 32 heavy (non-hydrogen) atoms. The number of carbonyl (C=O) groups is 1. The second-order valence-corrected chi connectivity index (χ2v) is 8.48. The van der Waals surface area contributed by atoms with Crippen LogP contribution in [0.2, 0.25) is 0 Å². The number of halogens is 1. The maximum absolute atomic E-state index is 13.5. The molecular formula is C26H31FN4O. The average Bonchev–Trinajstić information content (AvgIpc) is 3.55. The van der Waals surface area contributed by atoms with E-state index in [0.29, 0.717) is 23.8 Å². The van der Waals surface area contributed by atoms with Crippen LogP contribution in [-0.2, 0) is 13.1 Å². The second-order valence-electron chi connectivity index (χ2n) is 8.48. The van der Waals surface area contributed by atoms with Crippen LogP contribution < -0.4 is 9.80 Å². The molecule has 0 unspecified atom stereocenters. The number of benzene rings is 2. The summed E-state index contributed by atoms with van der Waals surface area (Å²) in [4.78, 5) is 22.0. The fourth-order valence-electron chi connectivity index (χ4n) is 4.00. The monoisotopic (exact) mass is 434 g/mol. The van der Waals surface area contributed by atoms with Crippen molar-refractivity contribution >= 4 is 17.3 Å². The van der Waals surface area contributed by atoms with Crippen LogP contribution in [0, 0.1) is 18.7 Å². The Hall–Kier alpha value is -3.15. The Morgan fingerprint density at radius 2 is 1.66 bits per heavy atom. The van der Waals surface area contributed by atoms with Gasteiger partial charge in [0.2, 0.25) is 0 Å². The van der Waals surface area contributed by atoms with Gasteiger partial charge in [0.15, 0.2) is 0 Å². The van der Waals surface area contributed by atoms with E-state index < -0.39 is 0 Å². The lowest BCUT2D eigenvalue weighted by molar-refractivity contribution is 0.0980. The number of hydrogen-bond acceptors (Lipinski definition) is 3. The Labute approximate surface area is 189 Å². The van der Waals surface area contributed by atoms with Crippen molar-refractivity contribution in [1.82, 2.24) is 9.55 Å². The van der Waals surface area contributed by atoms with Crippen LogP contribution in [0.1, 0.15) is 48.6 Å². The van der Waals surface area contributed by atoms with Gasteiger partial charge < -0.3 is 14.4 Å². The summed E-state index contributed by atoms with van der Waals surface area (Å²) in [6, 6.07) is 14.3. The Bertz CT molecular complexity index is 1050. The van der Waals surface area contributed by atoms with Gasteiger partial charge in [-0.25, -0.2) is 9.37 Å². The summed E-state index contributed by atoms with van der Waals surface area (Å²) < 4.78 is 15.6. The largest absolute Gasteiger partial charge is 0.372 e. The molecule has 0 radical (unpaired) electrons. The number of aryl methyl sites for hydroxylation is 1. The first-order chi connectivity index (χ1) is 15.5. The van der Waals surface area contributed by atoms with Gasteiger partial charge in [0.05, 0.1) is 6.54 Å². The lowest BCUT2D eigenvalue weighted by Crippen LogP contribution is -2.30. The molecule has 0 saturated heterocycles. The average molecular weight is 435 g/mol. The molecule has 6 heteroatoms. The zero-order chi connectivity index (χ0) is 22.7. The van der Waals surface area contributed by atoms with Gasteiger partial charge in [0, 0.05) is 37.2 Å². The van der Waals surface area contributed by atoms with Gasteiger partial charge in [-0.15, -0.1) is 0 Å². The van der Waals surface area contributed by atoms with Crippen LogP contribution in [0.25, 0.3) is 0 Å². The van der Waals surface area contributed by atoms with Crippen molar-refractivity contribution in [2.45, 2.75) is 46.7 Å². The maximum Gasteiger partial charge on any atom is 0.278 e. The minimum Gasteiger partial charge on any atom is -0.372 e. The van der Waals surface area contributed by atoms with Gasteiger partial charge >= 0.3 is 0 Å². The molecule has 3 aromatic rings. The quantitative estimate of drug-likeness (QED) is 0.451. The predicted octanol–water partition coefficient (Wildman–Crippen LogP) is 5.43. The highest BCUT2D eigenvalue weighted by Gasteiger charge is 2.25. The second kappa shape index (κ2) is 9.55. The Kier molecular flexibility index (Phi) is 6.58. The number of aromatic nitrogens is 2. The van der Waals surface area contributed by atoms with Gasteiger partial charge in [-0.1, -0.05) is 12.1 Å². The van der Waals surface area contributed by atoms with Crippen LogP contribution in [-0.4, -0.2) is 28.5 Å². The third kappa shape index (κ3) is 5.01. The molecule has 0 atom stereocenters. The van der Waals surface area contributed by atoms with Crippen LogP contribution in [0.5, 0.6) is 0 Å². The number of hydrogen-bond donors (Lipinski definition) is 0. The van der Waals surface area contributed by atoms with Gasteiger partial charge in [-0.2, -0.15) is 0 Å². The van der Waals surface area contributed by atoms with E-state index >= 15 is 0 Å². The molecule has 168 valence electrons. The Balaban J connectivity index is 1.60. The number of nitrogens with zero attached hydrogens (tertiary/aromatic N) is 4. The summed E-state index contributed by atoms with van der Waals surface area (Å²) in [7, 11) is 0. The van der Waals surface area contributed by atoms with Crippen molar-refractivity contribution in [3.63, 3.8) is 0 Å². The van der Waals surface area contributed by atoms with E-state index in [4.69, 9.17) is 0 Å². The number of carbonyl (C=O) groups excluding carboxylic acids is 1. The summed E-state index contributed by atoms with van der Waals surface area (Å²) in [6.07, 6.45) is 4.34. The van der Waals surface area contributed by atoms with Crippen molar-refractivity contribution < 1.29 is 9.18 Å². The number of imidazole rings is 1. The SMILES string of the molecule is CCN(CC)c1ccc(CN(C(=O)c2cn(CC3CC3)c(C)n2)c2ccc(F)cc2)cc1. The fourth-order valence-corrected chi connectivity index (χ4v) is 4.00. The van der Waals surface area contributed by atoms with E-state index in [0.717, 1.165) is 36.7 Å². The molecule has 0 spiro atoms. The molecule has 0 aliphatic heterocycles. The lowest BCUT2D eigenvalue weighted by Gasteiger charge is -2.24. The molecular weight excluding hydrogens is 403 g/mol. The summed E-state index contributed by atoms with van der Waals surface area (Å²) in [6.45, 7) is 9.39. The van der Waals surface area contributed by atoms with Crippen LogP contribution in [0.3, 0.4) is 0 Å². The smallest absolute Gasteiger partial charge is 0.278 e. The predicted molar refractivity (Wildman–Crippen MR) is 127 cm³/mol. The van der Waals surface area contributed by atoms with Gasteiger partial charge in [-0.3, -0.25) is 4.79 Å². The molecule has 1 heterocycles. The molecule has 1 aliphatic rings. The third-order valence-electron chi connectivity index (χ3n) is 6.14. The van der Waals surface area contributed by atoms with Crippen molar-refractivity contribution in [3.8, 4) is 0 Å². The number of rotatable bonds is 9. The summed E-state index contributed by atoms with van der Waals surface area (Å²) in [5, 5.41) is 0. The molecule has 1 aromatic heterocycles. The highest BCUT2D eigenvalue weighted by Crippen LogP contribution is 2.31. The summed E-state index contributed by atoms with van der Waals surface area (Å²) in [5.74, 6) is 1.04. The third-order valence-corrected chi connectivity index (χ3v) is 6.14. The minimum absolute atomic E-state index is 0.179. The molecule has 2 aromatic carbocycles. The first kappa shape index (κ1) is 22.1. The lowest BCUT2D eigenvalue weighted by atomic mass is 10.1. The van der Waals surface area contributed by atoms with Gasteiger partial charge in [0.25, 0.3) is 5.91 Å². The maximum atomic E-state index is 13.5. The topological polar surface area (TPSA) is 41.4 Å². The molecule has 1 amide bonds.